The number of hydrogen-bond acceptors (Lipinski definition) is 12. The third kappa shape index (κ3) is 15.2. The molecule has 0 heterocycles. The Morgan fingerprint density at radius 3 is 1.63 bits per heavy atom. The Kier molecular flexibility index (Phi) is 21.0. The molecule has 2 aliphatic rings. The number of nitrogens with zero attached hydrogens (tertiary/aromatic N) is 2. The lowest BCUT2D eigenvalue weighted by molar-refractivity contribution is -0.158. The van der Waals surface area contributed by atoms with Gasteiger partial charge < -0.3 is 28.8 Å². The summed E-state index contributed by atoms with van der Waals surface area (Å²) in [5.41, 5.74) is 0. The zero-order valence-corrected chi connectivity index (χ0v) is 31.2. The van der Waals surface area contributed by atoms with Gasteiger partial charge in [0.2, 0.25) is 0 Å². The molecule has 12 heteroatoms. The summed E-state index contributed by atoms with van der Waals surface area (Å²) in [6.07, 6.45) is 9.87. The van der Waals surface area contributed by atoms with E-state index in [0.29, 0.717) is 18.4 Å². The number of unbranched alkanes of at least 4 members (excludes halogenated alkanes) is 1. The molecule has 12 nitrogen and oxygen atoms in total. The van der Waals surface area contributed by atoms with E-state index in [-0.39, 0.29) is 76.4 Å². The summed E-state index contributed by atoms with van der Waals surface area (Å²) in [6.45, 7) is 11.0. The normalized spacial score (nSPS) is 23.0. The largest absolute Gasteiger partial charge is 0.466 e. The summed E-state index contributed by atoms with van der Waals surface area (Å²) in [6, 6.07) is -1.27. The summed E-state index contributed by atoms with van der Waals surface area (Å²) >= 11 is 0. The molecule has 3 atom stereocenters. The van der Waals surface area contributed by atoms with Crippen molar-refractivity contribution in [3.63, 3.8) is 0 Å². The number of ether oxygens (including phenoxy) is 5. The zero-order chi connectivity index (χ0) is 36.2. The monoisotopic (exact) mass is 698 g/mol. The maximum absolute atomic E-state index is 13.2. The SMILES string of the molecule is CCCCOCC(O)CN(C1CCC(CC2CCC(N(C)C(CC(=O)OCC)C(=O)OCC)CC2)CC1)C(CC(=O)OCC)C(=O)OCC. The number of aliphatic hydroxyl groups excluding tert-OH is 1. The molecule has 0 aromatic carbocycles. The van der Waals surface area contributed by atoms with E-state index in [0.717, 1.165) is 70.6 Å². The van der Waals surface area contributed by atoms with Gasteiger partial charge in [0.25, 0.3) is 0 Å². The van der Waals surface area contributed by atoms with E-state index in [1.807, 2.05) is 16.8 Å². The van der Waals surface area contributed by atoms with Crippen LogP contribution >= 0.6 is 0 Å². The van der Waals surface area contributed by atoms with E-state index in [1.54, 1.807) is 27.7 Å². The highest BCUT2D eigenvalue weighted by atomic mass is 16.5. The van der Waals surface area contributed by atoms with Gasteiger partial charge in [-0.1, -0.05) is 13.3 Å². The highest BCUT2D eigenvalue weighted by Gasteiger charge is 2.39. The second kappa shape index (κ2) is 24.0. The summed E-state index contributed by atoms with van der Waals surface area (Å²) in [4.78, 5) is 54.8. The molecule has 1 N–H and O–H groups in total. The number of carbonyl (C=O) groups is 4. The van der Waals surface area contributed by atoms with E-state index < -0.39 is 30.1 Å². The second-order valence-electron chi connectivity index (χ2n) is 13.6. The predicted octanol–water partition coefficient (Wildman–Crippen LogP) is 4.68. The number of likely N-dealkylation sites (N-methyl/N-ethyl adjacent to an activating group) is 1. The van der Waals surface area contributed by atoms with Gasteiger partial charge in [0.05, 0.1) is 52.0 Å². The minimum absolute atomic E-state index is 0.0108. The zero-order valence-electron chi connectivity index (χ0n) is 31.2. The van der Waals surface area contributed by atoms with Crippen LogP contribution in [-0.4, -0.2) is 122 Å². The fourth-order valence-electron chi connectivity index (χ4n) is 7.48. The van der Waals surface area contributed by atoms with Crippen molar-refractivity contribution in [2.24, 2.45) is 11.8 Å². The number of carbonyl (C=O) groups excluding carboxylic acids is 4. The molecule has 0 aromatic heterocycles. The lowest BCUT2D eigenvalue weighted by Crippen LogP contribution is -2.53. The van der Waals surface area contributed by atoms with Gasteiger partial charge in [-0.05, 0) is 111 Å². The van der Waals surface area contributed by atoms with Crippen LogP contribution in [0.2, 0.25) is 0 Å². The first-order valence-electron chi connectivity index (χ1n) is 19.0. The van der Waals surface area contributed by atoms with E-state index >= 15 is 0 Å². The highest BCUT2D eigenvalue weighted by molar-refractivity contribution is 5.83. The van der Waals surface area contributed by atoms with E-state index in [9.17, 15) is 24.3 Å². The Labute approximate surface area is 294 Å². The van der Waals surface area contributed by atoms with Crippen molar-refractivity contribution in [3.05, 3.63) is 0 Å². The van der Waals surface area contributed by atoms with Crippen LogP contribution < -0.4 is 0 Å². The highest BCUT2D eigenvalue weighted by Crippen LogP contribution is 2.38. The molecule has 0 bridgehead atoms. The van der Waals surface area contributed by atoms with Gasteiger partial charge >= 0.3 is 23.9 Å². The smallest absolute Gasteiger partial charge is 0.323 e. The molecule has 2 fully saturated rings. The molecule has 0 radical (unpaired) electrons. The molecule has 0 aromatic rings. The standard InChI is InChI=1S/C37H66N2O10/c1-7-12-21-45-26-31(40)25-39(33(37(44)49-11-5)24-35(42)47-9-3)30-19-15-28(16-20-30)22-27-13-17-29(18-14-27)38(6)32(36(43)48-10-4)23-34(41)46-8-2/h27-33,40H,7-26H2,1-6H3. The molecule has 0 saturated heterocycles. The molecule has 2 saturated carbocycles. The maximum Gasteiger partial charge on any atom is 0.323 e. The van der Waals surface area contributed by atoms with Crippen molar-refractivity contribution >= 4 is 23.9 Å². The Hall–Kier alpha value is -2.28. The van der Waals surface area contributed by atoms with Crippen LogP contribution in [0.15, 0.2) is 0 Å². The van der Waals surface area contributed by atoms with Crippen LogP contribution in [0.5, 0.6) is 0 Å². The van der Waals surface area contributed by atoms with Crippen LogP contribution in [0, 0.1) is 11.8 Å². The van der Waals surface area contributed by atoms with E-state index in [1.165, 1.54) is 0 Å². The van der Waals surface area contributed by atoms with Crippen molar-refractivity contribution in [2.75, 3.05) is 53.2 Å². The fraction of sp³-hybridized carbons (Fsp3) is 0.892. The van der Waals surface area contributed by atoms with E-state index in [4.69, 9.17) is 23.7 Å². The third-order valence-electron chi connectivity index (χ3n) is 10.1. The number of aliphatic hydroxyl groups is 1. The molecule has 2 rings (SSSR count). The van der Waals surface area contributed by atoms with Gasteiger partial charge in [-0.2, -0.15) is 0 Å². The Bertz CT molecular complexity index is 965. The Morgan fingerprint density at radius 1 is 0.673 bits per heavy atom. The topological polar surface area (TPSA) is 141 Å². The fourth-order valence-corrected chi connectivity index (χ4v) is 7.48. The van der Waals surface area contributed by atoms with Crippen molar-refractivity contribution in [2.45, 2.75) is 148 Å². The number of esters is 4. The number of rotatable bonds is 23. The second-order valence-corrected chi connectivity index (χ2v) is 13.6. The number of hydrogen-bond donors (Lipinski definition) is 1. The van der Waals surface area contributed by atoms with Crippen molar-refractivity contribution in [3.8, 4) is 0 Å². The predicted molar refractivity (Wildman–Crippen MR) is 186 cm³/mol. The average molecular weight is 699 g/mol. The van der Waals surface area contributed by atoms with Gasteiger partial charge in [-0.3, -0.25) is 29.0 Å². The van der Waals surface area contributed by atoms with Crippen molar-refractivity contribution in [1.82, 2.24) is 9.80 Å². The summed E-state index contributed by atoms with van der Waals surface area (Å²) in [7, 11) is 1.92. The minimum Gasteiger partial charge on any atom is -0.466 e. The van der Waals surface area contributed by atoms with Crippen LogP contribution in [-0.2, 0) is 42.9 Å². The molecule has 49 heavy (non-hydrogen) atoms. The Morgan fingerprint density at radius 2 is 1.14 bits per heavy atom. The van der Waals surface area contributed by atoms with Crippen molar-refractivity contribution < 1.29 is 48.0 Å². The van der Waals surface area contributed by atoms with Gasteiger partial charge in [0, 0.05) is 25.2 Å². The Balaban J connectivity index is 2.02. The first-order chi connectivity index (χ1) is 23.6. The summed E-state index contributed by atoms with van der Waals surface area (Å²) < 4.78 is 26.7. The van der Waals surface area contributed by atoms with Crippen LogP contribution in [0.25, 0.3) is 0 Å². The maximum atomic E-state index is 13.2. The van der Waals surface area contributed by atoms with Gasteiger partial charge in [-0.15, -0.1) is 0 Å². The molecule has 0 spiro atoms. The molecule has 0 aliphatic heterocycles. The molecular weight excluding hydrogens is 632 g/mol. The van der Waals surface area contributed by atoms with Gasteiger partial charge in [-0.25, -0.2) is 0 Å². The lowest BCUT2D eigenvalue weighted by atomic mass is 9.75. The molecule has 0 amide bonds. The summed E-state index contributed by atoms with van der Waals surface area (Å²) in [5.74, 6) is -0.544. The summed E-state index contributed by atoms with van der Waals surface area (Å²) in [5, 5.41) is 10.9. The average Bonchev–Trinajstić information content (AvgIpc) is 3.08. The quantitative estimate of drug-likeness (QED) is 0.0901. The van der Waals surface area contributed by atoms with Crippen LogP contribution in [0.3, 0.4) is 0 Å². The van der Waals surface area contributed by atoms with E-state index in [2.05, 4.69) is 6.92 Å². The van der Waals surface area contributed by atoms with Crippen LogP contribution in [0.1, 0.15) is 118 Å². The molecule has 284 valence electrons. The first kappa shape index (κ1) is 42.9. The molecule has 3 unspecified atom stereocenters. The third-order valence-corrected chi connectivity index (χ3v) is 10.1. The molecule has 2 aliphatic carbocycles. The molecular formula is C37H66N2O10. The lowest BCUT2D eigenvalue weighted by Gasteiger charge is -2.42. The first-order valence-corrected chi connectivity index (χ1v) is 19.0. The van der Waals surface area contributed by atoms with Crippen LogP contribution in [0.4, 0.5) is 0 Å². The van der Waals surface area contributed by atoms with Crippen molar-refractivity contribution in [1.29, 1.82) is 0 Å². The minimum atomic E-state index is -0.833. The van der Waals surface area contributed by atoms with Gasteiger partial charge in [0.15, 0.2) is 0 Å². The van der Waals surface area contributed by atoms with Gasteiger partial charge in [0.1, 0.15) is 12.1 Å².